The van der Waals surface area contributed by atoms with Crippen LogP contribution in [-0.2, 0) is 0 Å². The Bertz CT molecular complexity index is 568. The van der Waals surface area contributed by atoms with Crippen LogP contribution in [0, 0.1) is 11.5 Å². The van der Waals surface area contributed by atoms with Gasteiger partial charge in [-0.1, -0.05) is 58.5 Å². The number of hydrogen-bond acceptors (Lipinski definition) is 3. The number of hydrogen-bond donors (Lipinski definition) is 1. The van der Waals surface area contributed by atoms with Gasteiger partial charge < -0.3 is 5.73 Å². The Labute approximate surface area is 143 Å². The van der Waals surface area contributed by atoms with E-state index in [4.69, 9.17) is 5.73 Å². The van der Waals surface area contributed by atoms with E-state index in [1.54, 1.807) is 6.34 Å². The summed E-state index contributed by atoms with van der Waals surface area (Å²) in [6.07, 6.45) is 3.59. The molecule has 0 bridgehead atoms. The van der Waals surface area contributed by atoms with Crippen LogP contribution in [0.2, 0.25) is 18.1 Å². The van der Waals surface area contributed by atoms with E-state index in [9.17, 15) is 0 Å². The molecule has 23 heavy (non-hydrogen) atoms. The van der Waals surface area contributed by atoms with Crippen LogP contribution >= 0.6 is 0 Å². The predicted molar refractivity (Wildman–Crippen MR) is 105 cm³/mol. The van der Waals surface area contributed by atoms with Gasteiger partial charge in [0, 0.05) is 14.1 Å². The molecule has 0 rings (SSSR count). The fourth-order valence-electron chi connectivity index (χ4n) is 1.26. The third-order valence-electron chi connectivity index (χ3n) is 3.97. The van der Waals surface area contributed by atoms with E-state index in [1.807, 2.05) is 37.1 Å². The molecule has 0 aromatic carbocycles. The first-order valence-electron chi connectivity index (χ1n) is 7.63. The van der Waals surface area contributed by atoms with Gasteiger partial charge in [0.15, 0.2) is 0 Å². The molecule has 0 aliphatic rings. The van der Waals surface area contributed by atoms with Crippen LogP contribution in [0.5, 0.6) is 0 Å². The maximum Gasteiger partial charge on any atom is 0.138 e. The highest BCUT2D eigenvalue weighted by Crippen LogP contribution is 2.35. The number of nitrogens with two attached hydrogens (primary N) is 1. The molecular weight excluding hydrogens is 300 g/mol. The summed E-state index contributed by atoms with van der Waals surface area (Å²) in [7, 11) is 2.13. The Morgan fingerprint density at radius 3 is 2.13 bits per heavy atom. The van der Waals surface area contributed by atoms with Crippen molar-refractivity contribution in [3.05, 3.63) is 36.3 Å². The van der Waals surface area contributed by atoms with Crippen molar-refractivity contribution >= 4 is 14.4 Å². The van der Waals surface area contributed by atoms with Crippen molar-refractivity contribution in [1.82, 2.24) is 10.0 Å². The molecule has 0 amide bonds. The van der Waals surface area contributed by atoms with E-state index < -0.39 is 8.07 Å². The van der Waals surface area contributed by atoms with Crippen molar-refractivity contribution in [2.45, 2.75) is 45.8 Å². The lowest BCUT2D eigenvalue weighted by Crippen LogP contribution is -2.37. The van der Waals surface area contributed by atoms with Gasteiger partial charge in [-0.3, -0.25) is 10.0 Å². The van der Waals surface area contributed by atoms with Crippen molar-refractivity contribution in [3.8, 4) is 11.5 Å². The van der Waals surface area contributed by atoms with Gasteiger partial charge >= 0.3 is 0 Å². The molecule has 0 radical (unpaired) electrons. The minimum atomic E-state index is -1.68. The molecule has 0 saturated heterocycles. The van der Waals surface area contributed by atoms with Crippen molar-refractivity contribution in [1.29, 1.82) is 0 Å². The SMILES string of the molecule is C=C(C)/C=C(/C#C[Si](C)(C)C(C)(C)C)N(C)N(C)/C=N\C(=C)N. The summed E-state index contributed by atoms with van der Waals surface area (Å²) >= 11 is 0. The van der Waals surface area contributed by atoms with Crippen molar-refractivity contribution in [3.63, 3.8) is 0 Å². The van der Waals surface area contributed by atoms with Gasteiger partial charge in [-0.25, -0.2) is 4.99 Å². The first-order chi connectivity index (χ1) is 10.3. The molecule has 4 nitrogen and oxygen atoms in total. The highest BCUT2D eigenvalue weighted by Gasteiger charge is 2.33. The normalized spacial score (nSPS) is 12.6. The second kappa shape index (κ2) is 8.07. The van der Waals surface area contributed by atoms with E-state index in [0.717, 1.165) is 11.3 Å². The van der Waals surface area contributed by atoms with Crippen molar-refractivity contribution in [2.24, 2.45) is 10.7 Å². The van der Waals surface area contributed by atoms with Crippen LogP contribution < -0.4 is 5.73 Å². The summed E-state index contributed by atoms with van der Waals surface area (Å²) in [4.78, 5) is 4.01. The zero-order chi connectivity index (χ0) is 18.4. The summed E-state index contributed by atoms with van der Waals surface area (Å²) in [5.74, 6) is 3.61. The quantitative estimate of drug-likeness (QED) is 0.208. The molecule has 0 aromatic heterocycles. The number of aliphatic imine (C=N–C) groups is 1. The average molecular weight is 333 g/mol. The third kappa shape index (κ3) is 7.25. The zero-order valence-electron chi connectivity index (χ0n) is 16.0. The maximum atomic E-state index is 5.47. The molecule has 0 atom stereocenters. The molecule has 0 saturated carbocycles. The Balaban J connectivity index is 5.60. The number of hydrazine groups is 1. The molecule has 0 spiro atoms. The van der Waals surface area contributed by atoms with Gasteiger partial charge in [0.1, 0.15) is 25.9 Å². The molecule has 0 unspecified atom stereocenters. The van der Waals surface area contributed by atoms with E-state index >= 15 is 0 Å². The molecular formula is C18H32N4Si. The van der Waals surface area contributed by atoms with Crippen LogP contribution in [-0.4, -0.2) is 38.5 Å². The largest absolute Gasteiger partial charge is 0.384 e. The highest BCUT2D eigenvalue weighted by molar-refractivity contribution is 6.87. The van der Waals surface area contributed by atoms with Gasteiger partial charge in [0.2, 0.25) is 0 Å². The van der Waals surface area contributed by atoms with Crippen LogP contribution in [0.4, 0.5) is 0 Å². The Morgan fingerprint density at radius 2 is 1.74 bits per heavy atom. The highest BCUT2D eigenvalue weighted by atomic mass is 28.3. The average Bonchev–Trinajstić information content (AvgIpc) is 2.38. The van der Waals surface area contributed by atoms with Gasteiger partial charge in [0.25, 0.3) is 0 Å². The van der Waals surface area contributed by atoms with Crippen molar-refractivity contribution < 1.29 is 0 Å². The summed E-state index contributed by atoms with van der Waals surface area (Å²) in [6.45, 7) is 20.8. The molecule has 0 aliphatic carbocycles. The maximum absolute atomic E-state index is 5.47. The van der Waals surface area contributed by atoms with Crippen molar-refractivity contribution in [2.75, 3.05) is 14.1 Å². The van der Waals surface area contributed by atoms with E-state index in [2.05, 4.69) is 63.5 Å². The zero-order valence-corrected chi connectivity index (χ0v) is 17.0. The molecule has 5 heteroatoms. The predicted octanol–water partition coefficient (Wildman–Crippen LogP) is 3.73. The summed E-state index contributed by atoms with van der Waals surface area (Å²) in [6, 6.07) is 0. The minimum absolute atomic E-state index is 0.220. The summed E-state index contributed by atoms with van der Waals surface area (Å²) in [5, 5.41) is 3.95. The molecule has 0 fully saturated rings. The number of nitrogens with zero attached hydrogens (tertiary/aromatic N) is 3. The topological polar surface area (TPSA) is 44.9 Å². The Hall–Kier alpha value is -1.93. The molecule has 0 heterocycles. The van der Waals surface area contributed by atoms with Crippen LogP contribution in [0.15, 0.2) is 41.3 Å². The summed E-state index contributed by atoms with van der Waals surface area (Å²) in [5.41, 5.74) is 10.8. The fraction of sp³-hybridized carbons (Fsp3) is 0.500. The van der Waals surface area contributed by atoms with Gasteiger partial charge in [0.05, 0.1) is 0 Å². The lowest BCUT2D eigenvalue weighted by molar-refractivity contribution is 0.169. The van der Waals surface area contributed by atoms with E-state index in [0.29, 0.717) is 0 Å². The first kappa shape index (κ1) is 21.1. The smallest absolute Gasteiger partial charge is 0.138 e. The van der Waals surface area contributed by atoms with Crippen LogP contribution in [0.1, 0.15) is 27.7 Å². The number of rotatable bonds is 5. The van der Waals surface area contributed by atoms with Gasteiger partial charge in [-0.15, -0.1) is 5.54 Å². The van der Waals surface area contributed by atoms with Gasteiger partial charge in [-0.2, -0.15) is 0 Å². The van der Waals surface area contributed by atoms with E-state index in [-0.39, 0.29) is 10.9 Å². The molecule has 0 aliphatic heterocycles. The molecule has 2 N–H and O–H groups in total. The summed E-state index contributed by atoms with van der Waals surface area (Å²) < 4.78 is 0. The Morgan fingerprint density at radius 1 is 1.22 bits per heavy atom. The van der Waals surface area contributed by atoms with E-state index in [1.165, 1.54) is 0 Å². The number of allylic oxidation sites excluding steroid dienone is 3. The second-order valence-electron chi connectivity index (χ2n) is 7.33. The monoisotopic (exact) mass is 332 g/mol. The lowest BCUT2D eigenvalue weighted by Gasteiger charge is -2.32. The Kier molecular flexibility index (Phi) is 7.39. The minimum Gasteiger partial charge on any atom is -0.384 e. The standard InChI is InChI=1S/C18H32N4Si/c1-15(2)13-17(11-12-23(9,10)18(4,5)6)22(8)21(7)14-20-16(3)19/h13-14H,1,3,19H2,2,4-10H3/b17-13-,20-14-. The van der Waals surface area contributed by atoms with Crippen LogP contribution in [0.3, 0.4) is 0 Å². The molecule has 128 valence electrons. The second-order valence-corrected chi connectivity index (χ2v) is 12.3. The van der Waals surface area contributed by atoms with Gasteiger partial charge in [-0.05, 0) is 18.0 Å². The fourth-order valence-corrected chi connectivity index (χ4v) is 2.07. The van der Waals surface area contributed by atoms with Crippen LogP contribution in [0.25, 0.3) is 0 Å². The molecule has 0 aromatic rings. The lowest BCUT2D eigenvalue weighted by atomic mass is 10.2. The first-order valence-corrected chi connectivity index (χ1v) is 10.6. The third-order valence-corrected chi connectivity index (χ3v) is 8.47.